The molecule has 0 aliphatic carbocycles. The Morgan fingerprint density at radius 3 is 2.38 bits per heavy atom. The number of hydrogen-bond donors (Lipinski definition) is 1. The van der Waals surface area contributed by atoms with Crippen molar-refractivity contribution in [2.75, 3.05) is 5.32 Å². The van der Waals surface area contributed by atoms with E-state index in [1.165, 1.54) is 5.56 Å². The lowest BCUT2D eigenvalue weighted by molar-refractivity contribution is 0.102. The first-order valence-electron chi connectivity index (χ1n) is 8.86. The number of nitrogens with one attached hydrogen (secondary N) is 1. The quantitative estimate of drug-likeness (QED) is 0.451. The number of carbonyl (C=O) groups is 1. The number of amides is 1. The zero-order valence-corrected chi connectivity index (χ0v) is 16.9. The summed E-state index contributed by atoms with van der Waals surface area (Å²) in [7, 11) is 0. The summed E-state index contributed by atoms with van der Waals surface area (Å²) in [6.07, 6.45) is 1.72. The number of aromatic nitrogens is 3. The SMILES string of the molecule is Cc1ccc(-c2cnnn2-c2ccc(C(=O)Nc3ccc(Cl)cc3Cl)cc2)cc1. The molecule has 5 nitrogen and oxygen atoms in total. The van der Waals surface area contributed by atoms with Crippen LogP contribution in [0.25, 0.3) is 16.9 Å². The molecule has 0 aliphatic heterocycles. The number of hydrogen-bond acceptors (Lipinski definition) is 3. The highest BCUT2D eigenvalue weighted by Gasteiger charge is 2.12. The van der Waals surface area contributed by atoms with E-state index in [1.807, 2.05) is 43.3 Å². The van der Waals surface area contributed by atoms with Gasteiger partial charge in [0.2, 0.25) is 0 Å². The maximum absolute atomic E-state index is 12.5. The molecule has 0 aliphatic rings. The maximum Gasteiger partial charge on any atom is 0.255 e. The lowest BCUT2D eigenvalue weighted by atomic mass is 10.1. The molecule has 0 spiro atoms. The predicted molar refractivity (Wildman–Crippen MR) is 116 cm³/mol. The van der Waals surface area contributed by atoms with Gasteiger partial charge in [-0.2, -0.15) is 0 Å². The molecule has 0 fully saturated rings. The number of rotatable bonds is 4. The van der Waals surface area contributed by atoms with Crippen molar-refractivity contribution >= 4 is 34.8 Å². The van der Waals surface area contributed by atoms with Crippen molar-refractivity contribution in [3.63, 3.8) is 0 Å². The number of nitrogens with zero attached hydrogens (tertiary/aromatic N) is 3. The topological polar surface area (TPSA) is 59.8 Å². The molecule has 1 amide bonds. The molecule has 0 saturated heterocycles. The Bertz CT molecular complexity index is 1170. The van der Waals surface area contributed by atoms with Crippen molar-refractivity contribution < 1.29 is 4.79 Å². The van der Waals surface area contributed by atoms with Crippen molar-refractivity contribution in [1.29, 1.82) is 0 Å². The highest BCUT2D eigenvalue weighted by Crippen LogP contribution is 2.26. The van der Waals surface area contributed by atoms with Crippen molar-refractivity contribution in [3.8, 4) is 16.9 Å². The summed E-state index contributed by atoms with van der Waals surface area (Å²) < 4.78 is 1.74. The van der Waals surface area contributed by atoms with Crippen LogP contribution in [0.4, 0.5) is 5.69 Å². The first-order chi connectivity index (χ1) is 14.0. The van der Waals surface area contributed by atoms with E-state index >= 15 is 0 Å². The fourth-order valence-electron chi connectivity index (χ4n) is 2.89. The molecule has 0 radical (unpaired) electrons. The lowest BCUT2D eigenvalue weighted by Gasteiger charge is -2.09. The third kappa shape index (κ3) is 4.16. The predicted octanol–water partition coefficient (Wildman–Crippen LogP) is 5.80. The minimum absolute atomic E-state index is 0.266. The molecule has 1 N–H and O–H groups in total. The van der Waals surface area contributed by atoms with Crippen LogP contribution in [-0.4, -0.2) is 20.9 Å². The molecule has 7 heteroatoms. The molecule has 29 heavy (non-hydrogen) atoms. The van der Waals surface area contributed by atoms with Crippen LogP contribution in [0.1, 0.15) is 15.9 Å². The van der Waals surface area contributed by atoms with Crippen LogP contribution in [-0.2, 0) is 0 Å². The summed E-state index contributed by atoms with van der Waals surface area (Å²) in [6.45, 7) is 2.04. The molecule has 0 atom stereocenters. The lowest BCUT2D eigenvalue weighted by Crippen LogP contribution is -2.12. The summed E-state index contributed by atoms with van der Waals surface area (Å²) in [5, 5.41) is 11.9. The van der Waals surface area contributed by atoms with Gasteiger partial charge in [-0.05, 0) is 49.4 Å². The molecule has 4 aromatic rings. The Morgan fingerprint density at radius 2 is 1.69 bits per heavy atom. The zero-order chi connectivity index (χ0) is 20.4. The molecular weight excluding hydrogens is 407 g/mol. The van der Waals surface area contributed by atoms with Gasteiger partial charge < -0.3 is 5.32 Å². The van der Waals surface area contributed by atoms with Gasteiger partial charge in [-0.3, -0.25) is 4.79 Å². The van der Waals surface area contributed by atoms with Crippen LogP contribution in [0, 0.1) is 6.92 Å². The van der Waals surface area contributed by atoms with Crippen LogP contribution >= 0.6 is 23.2 Å². The van der Waals surface area contributed by atoms with Crippen LogP contribution in [0.3, 0.4) is 0 Å². The largest absolute Gasteiger partial charge is 0.321 e. The Kier molecular flexibility index (Phi) is 5.34. The number of aryl methyl sites for hydroxylation is 1. The molecule has 3 aromatic carbocycles. The van der Waals surface area contributed by atoms with Gasteiger partial charge in [-0.15, -0.1) is 5.10 Å². The van der Waals surface area contributed by atoms with Crippen LogP contribution in [0.5, 0.6) is 0 Å². The molecular formula is C22H16Cl2N4O. The molecule has 4 rings (SSSR count). The average Bonchev–Trinajstić information content (AvgIpc) is 3.20. The van der Waals surface area contributed by atoms with Gasteiger partial charge in [-0.1, -0.05) is 58.2 Å². The Labute approximate surface area is 177 Å². The Morgan fingerprint density at radius 1 is 0.966 bits per heavy atom. The highest BCUT2D eigenvalue weighted by atomic mass is 35.5. The molecule has 1 aromatic heterocycles. The standard InChI is InChI=1S/C22H16Cl2N4O/c1-14-2-4-15(5-3-14)21-13-25-27-28(21)18-9-6-16(7-10-18)22(29)26-20-11-8-17(23)12-19(20)24/h2-13H,1H3,(H,26,29). The van der Waals surface area contributed by atoms with Gasteiger partial charge in [0, 0.05) is 16.1 Å². The normalized spacial score (nSPS) is 10.7. The summed E-state index contributed by atoms with van der Waals surface area (Å²) in [4.78, 5) is 12.5. The van der Waals surface area contributed by atoms with E-state index < -0.39 is 0 Å². The van der Waals surface area contributed by atoms with Gasteiger partial charge in [0.25, 0.3) is 5.91 Å². The van der Waals surface area contributed by atoms with Gasteiger partial charge in [0.05, 0.1) is 28.3 Å². The van der Waals surface area contributed by atoms with E-state index in [2.05, 4.69) is 15.6 Å². The fraction of sp³-hybridized carbons (Fsp3) is 0.0455. The number of benzene rings is 3. The van der Waals surface area contributed by atoms with Gasteiger partial charge in [0.1, 0.15) is 0 Å². The van der Waals surface area contributed by atoms with Crippen LogP contribution < -0.4 is 5.32 Å². The minimum atomic E-state index is -0.266. The molecule has 144 valence electrons. The minimum Gasteiger partial charge on any atom is -0.321 e. The van der Waals surface area contributed by atoms with Gasteiger partial charge in [0.15, 0.2) is 0 Å². The zero-order valence-electron chi connectivity index (χ0n) is 15.4. The molecule has 0 unspecified atom stereocenters. The van der Waals surface area contributed by atoms with Gasteiger partial charge in [-0.25, -0.2) is 4.68 Å². The first-order valence-corrected chi connectivity index (χ1v) is 9.61. The van der Waals surface area contributed by atoms with Crippen molar-refractivity contribution in [2.24, 2.45) is 0 Å². The van der Waals surface area contributed by atoms with Gasteiger partial charge >= 0.3 is 0 Å². The van der Waals surface area contributed by atoms with E-state index in [0.29, 0.717) is 21.3 Å². The van der Waals surface area contributed by atoms with E-state index in [1.54, 1.807) is 41.2 Å². The maximum atomic E-state index is 12.5. The summed E-state index contributed by atoms with van der Waals surface area (Å²) >= 11 is 12.0. The summed E-state index contributed by atoms with van der Waals surface area (Å²) in [5.41, 5.74) is 4.87. The molecule has 0 bridgehead atoms. The summed E-state index contributed by atoms with van der Waals surface area (Å²) in [5.74, 6) is -0.266. The Balaban J connectivity index is 1.56. The number of carbonyl (C=O) groups excluding carboxylic acids is 1. The van der Waals surface area contributed by atoms with Crippen molar-refractivity contribution in [3.05, 3.63) is 94.1 Å². The second-order valence-corrected chi connectivity index (χ2v) is 7.37. The average molecular weight is 423 g/mol. The first kappa shape index (κ1) is 19.2. The van der Waals surface area contributed by atoms with Crippen LogP contribution in [0.15, 0.2) is 72.9 Å². The van der Waals surface area contributed by atoms with Crippen molar-refractivity contribution in [2.45, 2.75) is 6.92 Å². The van der Waals surface area contributed by atoms with E-state index in [4.69, 9.17) is 23.2 Å². The smallest absolute Gasteiger partial charge is 0.255 e. The summed E-state index contributed by atoms with van der Waals surface area (Å²) in [6, 6.07) is 20.2. The monoisotopic (exact) mass is 422 g/mol. The van der Waals surface area contributed by atoms with Crippen molar-refractivity contribution in [1.82, 2.24) is 15.0 Å². The second-order valence-electron chi connectivity index (χ2n) is 6.52. The second kappa shape index (κ2) is 8.07. The number of halogens is 2. The molecule has 1 heterocycles. The van der Waals surface area contributed by atoms with E-state index in [9.17, 15) is 4.79 Å². The van der Waals surface area contributed by atoms with E-state index in [-0.39, 0.29) is 5.91 Å². The molecule has 0 saturated carbocycles. The van der Waals surface area contributed by atoms with E-state index in [0.717, 1.165) is 16.9 Å². The third-order valence-electron chi connectivity index (χ3n) is 4.45. The Hall–Kier alpha value is -3.15. The van der Waals surface area contributed by atoms with Crippen LogP contribution in [0.2, 0.25) is 10.0 Å². The fourth-order valence-corrected chi connectivity index (χ4v) is 3.34. The highest BCUT2D eigenvalue weighted by molar-refractivity contribution is 6.36. The third-order valence-corrected chi connectivity index (χ3v) is 5.00. The number of anilines is 1.